The van der Waals surface area contributed by atoms with Gasteiger partial charge in [0, 0.05) is 7.26 Å². The predicted molar refractivity (Wildman–Crippen MR) is 118 cm³/mol. The van der Waals surface area contributed by atoms with Crippen molar-refractivity contribution in [1.82, 2.24) is 0 Å². The predicted octanol–water partition coefficient (Wildman–Crippen LogP) is 5.94. The second-order valence-corrected chi connectivity index (χ2v) is 12.6. The number of hydrogen-bond donors (Lipinski definition) is 0. The summed E-state index contributed by atoms with van der Waals surface area (Å²) in [6, 6.07) is 0. The van der Waals surface area contributed by atoms with Gasteiger partial charge in [0.25, 0.3) is 0 Å². The van der Waals surface area contributed by atoms with Gasteiger partial charge < -0.3 is 17.0 Å². The molecule has 154 valence electrons. The molecular weight excluding hydrogens is 387 g/mol. The molecule has 0 spiro atoms. The van der Waals surface area contributed by atoms with Crippen LogP contribution in [-0.4, -0.2) is 24.6 Å². The summed E-state index contributed by atoms with van der Waals surface area (Å²) in [5, 5.41) is 0. The molecule has 0 aromatic carbocycles. The lowest BCUT2D eigenvalue weighted by atomic mass is 10.1. The fourth-order valence-corrected chi connectivity index (χ4v) is 9.46. The Hall–Kier alpha value is 0.910. The van der Waals surface area contributed by atoms with E-state index in [0.29, 0.717) is 0 Å². The Kier molecular flexibility index (Phi) is 23.9. The first-order valence-corrected chi connectivity index (χ1v) is 14.1. The van der Waals surface area contributed by atoms with Crippen molar-refractivity contribution in [3.05, 3.63) is 0 Å². The molecule has 0 radical (unpaired) electrons. The Labute approximate surface area is 172 Å². The molecule has 0 heterocycles. The van der Waals surface area contributed by atoms with E-state index in [4.69, 9.17) is 0 Å². The molecule has 2 heteroatoms. The third kappa shape index (κ3) is 16.8. The van der Waals surface area contributed by atoms with Crippen LogP contribution in [0, 0.1) is 0 Å². The normalized spacial score (nSPS) is 11.5. The minimum Gasteiger partial charge on any atom is -1.00 e. The highest BCUT2D eigenvalue weighted by Gasteiger charge is 2.33. The molecule has 0 fully saturated rings. The third-order valence-corrected chi connectivity index (χ3v) is 11.0. The molecule has 25 heavy (non-hydrogen) atoms. The summed E-state index contributed by atoms with van der Waals surface area (Å²) in [7, 11) is -0.576. The Morgan fingerprint density at radius 2 is 0.680 bits per heavy atom. The number of hydrogen-bond acceptors (Lipinski definition) is 0. The quantitative estimate of drug-likeness (QED) is 0.173. The number of rotatable bonds is 19. The van der Waals surface area contributed by atoms with Crippen molar-refractivity contribution in [2.75, 3.05) is 24.6 Å². The highest BCUT2D eigenvalue weighted by atomic mass is 79.9. The van der Waals surface area contributed by atoms with Gasteiger partial charge in [-0.1, -0.05) is 91.9 Å². The summed E-state index contributed by atoms with van der Waals surface area (Å²) < 4.78 is 0. The fraction of sp³-hybridized carbons (Fsp3) is 1.00. The monoisotopic (exact) mass is 436 g/mol. The van der Waals surface area contributed by atoms with Crippen LogP contribution in [0.2, 0.25) is 0 Å². The molecule has 0 atom stereocenters. The van der Waals surface area contributed by atoms with E-state index in [2.05, 4.69) is 27.7 Å². The Morgan fingerprint density at radius 1 is 0.360 bits per heavy atom. The molecule has 0 saturated heterocycles. The van der Waals surface area contributed by atoms with E-state index in [1.165, 1.54) is 96.3 Å². The molecule has 0 aliphatic rings. The molecular formula is C23H50BrP. The summed E-state index contributed by atoms with van der Waals surface area (Å²) in [5.74, 6) is 0. The SMILES string of the molecule is CCCCCCCCCCCCCC[P+](CCC)(CCC)CCC.[Br-]. The van der Waals surface area contributed by atoms with E-state index >= 15 is 0 Å². The minimum absolute atomic E-state index is 0. The highest BCUT2D eigenvalue weighted by molar-refractivity contribution is 7.75. The first-order valence-electron chi connectivity index (χ1n) is 11.6. The van der Waals surface area contributed by atoms with E-state index in [0.717, 1.165) is 0 Å². The lowest BCUT2D eigenvalue weighted by Gasteiger charge is -2.27. The van der Waals surface area contributed by atoms with Gasteiger partial charge in [-0.15, -0.1) is 0 Å². The van der Waals surface area contributed by atoms with E-state index < -0.39 is 7.26 Å². The summed E-state index contributed by atoms with van der Waals surface area (Å²) in [6.07, 6.45) is 28.4. The van der Waals surface area contributed by atoms with Crippen LogP contribution < -0.4 is 17.0 Å². The standard InChI is InChI=1S/C23H50P.BrH/c1-5-9-10-11-12-13-14-15-16-17-18-19-23-24(20-6-2,21-7-3)22-8-4;/h5-23H2,1-4H3;1H/q+1;/p-1. The van der Waals surface area contributed by atoms with Crippen LogP contribution in [0.15, 0.2) is 0 Å². The zero-order valence-electron chi connectivity index (χ0n) is 18.3. The van der Waals surface area contributed by atoms with Crippen LogP contribution in [0.1, 0.15) is 124 Å². The van der Waals surface area contributed by atoms with Crippen molar-refractivity contribution in [3.8, 4) is 0 Å². The largest absolute Gasteiger partial charge is 1.00 e. The maximum atomic E-state index is 2.41. The van der Waals surface area contributed by atoms with E-state index in [1.807, 2.05) is 0 Å². The van der Waals surface area contributed by atoms with Gasteiger partial charge in [0.05, 0.1) is 24.6 Å². The van der Waals surface area contributed by atoms with Gasteiger partial charge in [-0.3, -0.25) is 0 Å². The molecule has 0 nitrogen and oxygen atoms in total. The first kappa shape index (κ1) is 28.1. The van der Waals surface area contributed by atoms with Gasteiger partial charge in [-0.25, -0.2) is 0 Å². The minimum atomic E-state index is -0.576. The summed E-state index contributed by atoms with van der Waals surface area (Å²) in [6.45, 7) is 9.52. The molecule has 0 amide bonds. The van der Waals surface area contributed by atoms with Gasteiger partial charge in [-0.2, -0.15) is 0 Å². The van der Waals surface area contributed by atoms with Gasteiger partial charge in [0.2, 0.25) is 0 Å². The molecule has 0 aliphatic carbocycles. The molecule has 0 unspecified atom stereocenters. The third-order valence-electron chi connectivity index (χ3n) is 5.58. The lowest BCUT2D eigenvalue weighted by Crippen LogP contribution is -3.00. The van der Waals surface area contributed by atoms with Crippen molar-refractivity contribution < 1.29 is 17.0 Å². The average Bonchev–Trinajstić information content (AvgIpc) is 2.56. The second kappa shape index (κ2) is 21.2. The molecule has 0 aromatic rings. The van der Waals surface area contributed by atoms with Crippen LogP contribution in [0.3, 0.4) is 0 Å². The fourth-order valence-electron chi connectivity index (χ4n) is 4.38. The molecule has 0 aliphatic heterocycles. The van der Waals surface area contributed by atoms with Crippen LogP contribution in [0.5, 0.6) is 0 Å². The van der Waals surface area contributed by atoms with Crippen LogP contribution in [0.4, 0.5) is 0 Å². The summed E-state index contributed by atoms with van der Waals surface area (Å²) in [4.78, 5) is 0. The van der Waals surface area contributed by atoms with E-state index in [9.17, 15) is 0 Å². The van der Waals surface area contributed by atoms with Crippen LogP contribution in [0.25, 0.3) is 0 Å². The van der Waals surface area contributed by atoms with E-state index in [1.54, 1.807) is 24.6 Å². The van der Waals surface area contributed by atoms with Gasteiger partial charge >= 0.3 is 0 Å². The van der Waals surface area contributed by atoms with E-state index in [-0.39, 0.29) is 17.0 Å². The van der Waals surface area contributed by atoms with Crippen molar-refractivity contribution in [3.63, 3.8) is 0 Å². The zero-order chi connectivity index (χ0) is 17.9. The Bertz CT molecular complexity index is 225. The van der Waals surface area contributed by atoms with Crippen molar-refractivity contribution in [1.29, 1.82) is 0 Å². The highest BCUT2D eigenvalue weighted by Crippen LogP contribution is 2.60. The Morgan fingerprint density at radius 3 is 1.00 bits per heavy atom. The molecule has 0 saturated carbocycles. The maximum Gasteiger partial charge on any atom is 0.0594 e. The van der Waals surface area contributed by atoms with Crippen LogP contribution >= 0.6 is 7.26 Å². The van der Waals surface area contributed by atoms with Crippen LogP contribution in [-0.2, 0) is 0 Å². The smallest absolute Gasteiger partial charge is 0.0594 e. The van der Waals surface area contributed by atoms with Gasteiger partial charge in [0.1, 0.15) is 0 Å². The zero-order valence-corrected chi connectivity index (χ0v) is 20.7. The first-order chi connectivity index (χ1) is 11.7. The molecule has 0 N–H and O–H groups in total. The number of unbranched alkanes of at least 4 members (excludes halogenated alkanes) is 11. The molecule has 0 bridgehead atoms. The van der Waals surface area contributed by atoms with Crippen molar-refractivity contribution in [2.45, 2.75) is 124 Å². The molecule has 0 aromatic heterocycles. The Balaban J connectivity index is 0. The topological polar surface area (TPSA) is 0 Å². The number of halogens is 1. The maximum absolute atomic E-state index is 2.41. The summed E-state index contributed by atoms with van der Waals surface area (Å²) in [5.41, 5.74) is 0. The van der Waals surface area contributed by atoms with Gasteiger partial charge in [0.15, 0.2) is 0 Å². The lowest BCUT2D eigenvalue weighted by molar-refractivity contribution is -0.00000560. The van der Waals surface area contributed by atoms with Gasteiger partial charge in [-0.05, 0) is 32.1 Å². The van der Waals surface area contributed by atoms with Crippen molar-refractivity contribution >= 4 is 7.26 Å². The second-order valence-electron chi connectivity index (χ2n) is 8.13. The van der Waals surface area contributed by atoms with Crippen molar-refractivity contribution in [2.24, 2.45) is 0 Å². The summed E-state index contributed by atoms with van der Waals surface area (Å²) >= 11 is 0. The average molecular weight is 438 g/mol. The molecule has 0 rings (SSSR count).